The molecule has 0 bridgehead atoms. The second-order valence-corrected chi connectivity index (χ2v) is 6.04. The molecule has 0 fully saturated rings. The van der Waals surface area contributed by atoms with Crippen molar-refractivity contribution in [3.63, 3.8) is 0 Å². The number of thiazole rings is 2. The quantitative estimate of drug-likeness (QED) is 0.927. The van der Waals surface area contributed by atoms with Crippen LogP contribution in [0.5, 0.6) is 0 Å². The Bertz CT molecular complexity index is 568. The van der Waals surface area contributed by atoms with Gasteiger partial charge in [-0.05, 0) is 20.8 Å². The van der Waals surface area contributed by atoms with Crippen molar-refractivity contribution in [2.75, 3.05) is 11.9 Å². The number of aryl methyl sites for hydroxylation is 1. The van der Waals surface area contributed by atoms with Crippen LogP contribution in [0.2, 0.25) is 0 Å². The van der Waals surface area contributed by atoms with Crippen LogP contribution in [0.15, 0.2) is 11.0 Å². The lowest BCUT2D eigenvalue weighted by atomic mass is 10.4. The van der Waals surface area contributed by atoms with E-state index in [0.717, 1.165) is 27.1 Å². The third-order valence-corrected chi connectivity index (χ3v) is 4.51. The minimum Gasteiger partial charge on any atom is -0.362 e. The van der Waals surface area contributed by atoms with E-state index in [9.17, 15) is 4.79 Å². The molecule has 0 spiro atoms. The Morgan fingerprint density at radius 3 is 2.76 bits per heavy atom. The van der Waals surface area contributed by atoms with E-state index in [2.05, 4.69) is 10.3 Å². The fraction of sp³-hybridized carbons (Fsp3) is 0.455. The molecule has 0 atom stereocenters. The number of aromatic nitrogens is 2. The van der Waals surface area contributed by atoms with Crippen LogP contribution < -0.4 is 10.2 Å². The Labute approximate surface area is 108 Å². The number of hydrogen-bond donors (Lipinski definition) is 1. The number of rotatable bonds is 4. The van der Waals surface area contributed by atoms with Crippen LogP contribution in [0, 0.1) is 13.8 Å². The SMILES string of the molecule is CCNc1ncc(Cn2c(C)c(C)sc2=O)s1. The zero-order valence-corrected chi connectivity index (χ0v) is 11.7. The van der Waals surface area contributed by atoms with Gasteiger partial charge in [-0.3, -0.25) is 9.36 Å². The van der Waals surface area contributed by atoms with Gasteiger partial charge in [-0.1, -0.05) is 11.3 Å². The smallest absolute Gasteiger partial charge is 0.307 e. The van der Waals surface area contributed by atoms with Crippen molar-refractivity contribution in [3.05, 3.63) is 31.3 Å². The minimum absolute atomic E-state index is 0.110. The van der Waals surface area contributed by atoms with Gasteiger partial charge in [0.1, 0.15) is 0 Å². The van der Waals surface area contributed by atoms with E-state index in [1.807, 2.05) is 31.5 Å². The van der Waals surface area contributed by atoms with Crippen molar-refractivity contribution in [2.24, 2.45) is 0 Å². The van der Waals surface area contributed by atoms with E-state index in [1.54, 1.807) is 11.3 Å². The summed E-state index contributed by atoms with van der Waals surface area (Å²) < 4.78 is 1.81. The van der Waals surface area contributed by atoms with Gasteiger partial charge >= 0.3 is 4.87 Å². The van der Waals surface area contributed by atoms with Gasteiger partial charge in [0.25, 0.3) is 0 Å². The standard InChI is InChI=1S/C11H15N3OS2/c1-4-12-10-13-5-9(17-10)6-14-7(2)8(3)16-11(14)15/h5H,4,6H2,1-3H3,(H,12,13). The normalized spacial score (nSPS) is 10.8. The number of anilines is 1. The first-order valence-electron chi connectivity index (χ1n) is 5.47. The van der Waals surface area contributed by atoms with Gasteiger partial charge in [-0.2, -0.15) is 0 Å². The monoisotopic (exact) mass is 269 g/mol. The lowest BCUT2D eigenvalue weighted by molar-refractivity contribution is 0.760. The molecule has 92 valence electrons. The molecule has 4 nitrogen and oxygen atoms in total. The summed E-state index contributed by atoms with van der Waals surface area (Å²) >= 11 is 2.91. The lowest BCUT2D eigenvalue weighted by Gasteiger charge is -2.01. The maximum atomic E-state index is 11.7. The Balaban J connectivity index is 2.22. The molecule has 0 radical (unpaired) electrons. The average Bonchev–Trinajstić information content (AvgIpc) is 2.81. The summed E-state index contributed by atoms with van der Waals surface area (Å²) in [5.74, 6) is 0. The van der Waals surface area contributed by atoms with Crippen LogP contribution >= 0.6 is 22.7 Å². The lowest BCUT2D eigenvalue weighted by Crippen LogP contribution is -2.14. The van der Waals surface area contributed by atoms with E-state index in [1.165, 1.54) is 11.3 Å². The Kier molecular flexibility index (Phi) is 3.63. The summed E-state index contributed by atoms with van der Waals surface area (Å²) in [4.78, 5) is 18.3. The Morgan fingerprint density at radius 2 is 2.18 bits per heavy atom. The molecule has 0 saturated heterocycles. The molecule has 0 aliphatic carbocycles. The van der Waals surface area contributed by atoms with Crippen molar-refractivity contribution >= 4 is 27.8 Å². The number of nitrogens with zero attached hydrogens (tertiary/aromatic N) is 2. The van der Waals surface area contributed by atoms with Crippen molar-refractivity contribution < 1.29 is 0 Å². The number of nitrogens with one attached hydrogen (secondary N) is 1. The molecule has 0 aliphatic rings. The van der Waals surface area contributed by atoms with Crippen molar-refractivity contribution in [1.82, 2.24) is 9.55 Å². The van der Waals surface area contributed by atoms with Gasteiger partial charge in [-0.15, -0.1) is 11.3 Å². The zero-order chi connectivity index (χ0) is 12.4. The highest BCUT2D eigenvalue weighted by Crippen LogP contribution is 2.20. The van der Waals surface area contributed by atoms with Crippen LogP contribution in [-0.4, -0.2) is 16.1 Å². The van der Waals surface area contributed by atoms with E-state index in [0.29, 0.717) is 6.54 Å². The van der Waals surface area contributed by atoms with Crippen molar-refractivity contribution in [1.29, 1.82) is 0 Å². The minimum atomic E-state index is 0.110. The Hall–Kier alpha value is -1.14. The maximum absolute atomic E-state index is 11.7. The highest BCUT2D eigenvalue weighted by atomic mass is 32.1. The first-order chi connectivity index (χ1) is 8.11. The molecule has 0 amide bonds. The van der Waals surface area contributed by atoms with Crippen LogP contribution in [0.1, 0.15) is 22.4 Å². The van der Waals surface area contributed by atoms with Gasteiger partial charge in [0.2, 0.25) is 0 Å². The molecule has 2 aromatic heterocycles. The van der Waals surface area contributed by atoms with Crippen molar-refractivity contribution in [3.8, 4) is 0 Å². The van der Waals surface area contributed by atoms with E-state index in [4.69, 9.17) is 0 Å². The Morgan fingerprint density at radius 1 is 1.41 bits per heavy atom. The van der Waals surface area contributed by atoms with Crippen molar-refractivity contribution in [2.45, 2.75) is 27.3 Å². The molecule has 0 saturated carbocycles. The summed E-state index contributed by atoms with van der Waals surface area (Å²) in [6, 6.07) is 0. The van der Waals surface area contributed by atoms with Gasteiger partial charge in [0, 0.05) is 28.2 Å². The summed E-state index contributed by atoms with van der Waals surface area (Å²) in [5.41, 5.74) is 1.05. The molecule has 17 heavy (non-hydrogen) atoms. The van der Waals surface area contributed by atoms with Crippen LogP contribution in [-0.2, 0) is 6.54 Å². The third-order valence-electron chi connectivity index (χ3n) is 2.57. The molecule has 2 aromatic rings. The topological polar surface area (TPSA) is 46.9 Å². The molecule has 1 N–H and O–H groups in total. The van der Waals surface area contributed by atoms with E-state index < -0.39 is 0 Å². The predicted molar refractivity (Wildman–Crippen MR) is 73.4 cm³/mol. The predicted octanol–water partition coefficient (Wildman–Crippen LogP) is 2.46. The van der Waals surface area contributed by atoms with Gasteiger partial charge in [0.05, 0.1) is 6.54 Å². The first-order valence-corrected chi connectivity index (χ1v) is 7.10. The van der Waals surface area contributed by atoms with Gasteiger partial charge in [-0.25, -0.2) is 4.98 Å². The van der Waals surface area contributed by atoms with Gasteiger partial charge in [0.15, 0.2) is 5.13 Å². The average molecular weight is 269 g/mol. The molecule has 2 heterocycles. The summed E-state index contributed by atoms with van der Waals surface area (Å²) in [6.07, 6.45) is 1.83. The second kappa shape index (κ2) is 5.01. The molecule has 0 unspecified atom stereocenters. The highest BCUT2D eigenvalue weighted by molar-refractivity contribution is 7.15. The molecular formula is C11H15N3OS2. The summed E-state index contributed by atoms with van der Waals surface area (Å²) in [7, 11) is 0. The fourth-order valence-corrected chi connectivity index (χ4v) is 3.24. The number of hydrogen-bond acceptors (Lipinski definition) is 5. The molecule has 0 aromatic carbocycles. The fourth-order valence-electron chi connectivity index (χ4n) is 1.54. The van der Waals surface area contributed by atoms with Crippen LogP contribution in [0.3, 0.4) is 0 Å². The zero-order valence-electron chi connectivity index (χ0n) is 10.1. The third kappa shape index (κ3) is 2.58. The highest BCUT2D eigenvalue weighted by Gasteiger charge is 2.09. The van der Waals surface area contributed by atoms with Crippen LogP contribution in [0.4, 0.5) is 5.13 Å². The molecular weight excluding hydrogens is 254 g/mol. The molecule has 2 rings (SSSR count). The van der Waals surface area contributed by atoms with Crippen LogP contribution in [0.25, 0.3) is 0 Å². The second-order valence-electron chi connectivity index (χ2n) is 3.76. The maximum Gasteiger partial charge on any atom is 0.307 e. The first kappa shape index (κ1) is 12.3. The summed E-state index contributed by atoms with van der Waals surface area (Å²) in [6.45, 7) is 7.49. The van der Waals surface area contributed by atoms with E-state index in [-0.39, 0.29) is 4.87 Å². The summed E-state index contributed by atoms with van der Waals surface area (Å²) in [5, 5.41) is 4.09. The largest absolute Gasteiger partial charge is 0.362 e. The molecule has 0 aliphatic heterocycles. The molecule has 6 heteroatoms. The van der Waals surface area contributed by atoms with Gasteiger partial charge < -0.3 is 5.32 Å². The van der Waals surface area contributed by atoms with E-state index >= 15 is 0 Å².